The first kappa shape index (κ1) is 16.8. The lowest BCUT2D eigenvalue weighted by Gasteiger charge is -2.24. The van der Waals surface area contributed by atoms with Crippen molar-refractivity contribution in [2.45, 2.75) is 30.8 Å². The number of hydrogen-bond acceptors (Lipinski definition) is 6. The molecule has 0 spiro atoms. The van der Waals surface area contributed by atoms with E-state index in [1.165, 1.54) is 16.8 Å². The summed E-state index contributed by atoms with van der Waals surface area (Å²) in [6, 6.07) is 1.58. The van der Waals surface area contributed by atoms with Gasteiger partial charge in [-0.1, -0.05) is 0 Å². The van der Waals surface area contributed by atoms with E-state index in [0.717, 1.165) is 24.4 Å². The maximum absolute atomic E-state index is 12.9. The second kappa shape index (κ2) is 6.14. The van der Waals surface area contributed by atoms with Crippen molar-refractivity contribution in [1.29, 1.82) is 0 Å². The van der Waals surface area contributed by atoms with Crippen molar-refractivity contribution in [3.8, 4) is 0 Å². The lowest BCUT2D eigenvalue weighted by atomic mass is 10.1. The van der Waals surface area contributed by atoms with Crippen LogP contribution in [0.3, 0.4) is 0 Å². The Bertz CT molecular complexity index is 845. The molecule has 3 heterocycles. The second-order valence-electron chi connectivity index (χ2n) is 6.24. The highest BCUT2D eigenvalue weighted by Crippen LogP contribution is 2.36. The fourth-order valence-electron chi connectivity index (χ4n) is 2.94. The molecular weight excluding hydrogens is 328 g/mol. The summed E-state index contributed by atoms with van der Waals surface area (Å²) in [7, 11) is 1.93. The number of hydrogen-bond donors (Lipinski definition) is 0. The van der Waals surface area contributed by atoms with Crippen molar-refractivity contribution >= 4 is 15.8 Å². The summed E-state index contributed by atoms with van der Waals surface area (Å²) in [5, 5.41) is 0.0792. The smallest absolute Gasteiger partial charge is 0.262 e. The molecule has 1 saturated heterocycles. The van der Waals surface area contributed by atoms with Gasteiger partial charge in [-0.2, -0.15) is 4.31 Å². The Kier molecular flexibility index (Phi) is 4.31. The summed E-state index contributed by atoms with van der Waals surface area (Å²) in [5.41, 5.74) is 0.739. The van der Waals surface area contributed by atoms with E-state index in [-0.39, 0.29) is 11.1 Å². The van der Waals surface area contributed by atoms with E-state index >= 15 is 0 Å². The van der Waals surface area contributed by atoms with E-state index in [1.54, 1.807) is 11.6 Å². The van der Waals surface area contributed by atoms with Gasteiger partial charge in [-0.15, -0.1) is 0 Å². The molecule has 1 atom stereocenters. The van der Waals surface area contributed by atoms with E-state index in [1.807, 2.05) is 32.0 Å². The number of rotatable bonds is 4. The number of sulfonamides is 1. The molecule has 0 N–H and O–H groups in total. The van der Waals surface area contributed by atoms with Gasteiger partial charge < -0.3 is 9.47 Å². The number of anilines is 1. The van der Waals surface area contributed by atoms with Crippen molar-refractivity contribution in [3.63, 3.8) is 0 Å². The molecule has 3 rings (SSSR count). The minimum Gasteiger partial charge on any atom is -0.363 e. The molecule has 130 valence electrons. The SMILES string of the molecule is Cc1nc([C@@H]2CCCN2S(=O)(=O)c2cn(C)cn2)cc(N(C)C)n1. The Morgan fingerprint density at radius 3 is 2.67 bits per heavy atom. The zero-order valence-electron chi connectivity index (χ0n) is 14.3. The fourth-order valence-corrected chi connectivity index (χ4v) is 4.58. The van der Waals surface area contributed by atoms with Crippen molar-refractivity contribution in [1.82, 2.24) is 23.8 Å². The van der Waals surface area contributed by atoms with Gasteiger partial charge in [-0.3, -0.25) is 0 Å². The van der Waals surface area contributed by atoms with Gasteiger partial charge in [0.2, 0.25) is 0 Å². The molecule has 0 unspecified atom stereocenters. The number of imidazole rings is 1. The highest BCUT2D eigenvalue weighted by Gasteiger charge is 2.38. The Morgan fingerprint density at radius 1 is 1.29 bits per heavy atom. The van der Waals surface area contributed by atoms with Crippen molar-refractivity contribution in [2.75, 3.05) is 25.5 Å². The summed E-state index contributed by atoms with van der Waals surface area (Å²) in [6.45, 7) is 2.30. The lowest BCUT2D eigenvalue weighted by molar-refractivity contribution is 0.388. The molecule has 2 aromatic rings. The number of aryl methyl sites for hydroxylation is 2. The van der Waals surface area contributed by atoms with Crippen LogP contribution in [0, 0.1) is 6.92 Å². The minimum absolute atomic E-state index is 0.0792. The van der Waals surface area contributed by atoms with E-state index in [2.05, 4.69) is 15.0 Å². The monoisotopic (exact) mass is 350 g/mol. The fraction of sp³-hybridized carbons (Fsp3) is 0.533. The standard InChI is InChI=1S/C15H22N6O2S/c1-11-17-12(8-14(18-11)19(2)3)13-6-5-7-21(13)24(22,23)15-9-20(4)10-16-15/h8-10,13H,5-7H2,1-4H3/t13-/m0/s1. The van der Waals surface area contributed by atoms with Gasteiger partial charge in [0.05, 0.1) is 18.1 Å². The molecule has 0 saturated carbocycles. The van der Waals surface area contributed by atoms with Gasteiger partial charge in [0.25, 0.3) is 10.0 Å². The molecule has 9 heteroatoms. The first-order valence-corrected chi connectivity index (χ1v) is 9.26. The van der Waals surface area contributed by atoms with Gasteiger partial charge in [-0.05, 0) is 19.8 Å². The van der Waals surface area contributed by atoms with Crippen LogP contribution in [0.4, 0.5) is 5.82 Å². The van der Waals surface area contributed by atoms with E-state index in [0.29, 0.717) is 12.4 Å². The van der Waals surface area contributed by atoms with Crippen LogP contribution in [-0.2, 0) is 17.1 Å². The molecule has 1 fully saturated rings. The molecule has 1 aliphatic heterocycles. The van der Waals surface area contributed by atoms with E-state index in [4.69, 9.17) is 0 Å². The quantitative estimate of drug-likeness (QED) is 0.821. The van der Waals surface area contributed by atoms with Crippen molar-refractivity contribution in [3.05, 3.63) is 30.1 Å². The Hall–Kier alpha value is -2.00. The van der Waals surface area contributed by atoms with Gasteiger partial charge in [0.1, 0.15) is 11.6 Å². The molecule has 0 radical (unpaired) electrons. The first-order chi connectivity index (χ1) is 11.3. The van der Waals surface area contributed by atoms with Crippen LogP contribution in [-0.4, -0.2) is 52.9 Å². The zero-order chi connectivity index (χ0) is 17.5. The number of nitrogens with zero attached hydrogens (tertiary/aromatic N) is 6. The molecule has 24 heavy (non-hydrogen) atoms. The van der Waals surface area contributed by atoms with E-state index in [9.17, 15) is 8.42 Å². The van der Waals surface area contributed by atoms with Crippen LogP contribution < -0.4 is 4.90 Å². The molecule has 0 aromatic carbocycles. The highest BCUT2D eigenvalue weighted by molar-refractivity contribution is 7.89. The van der Waals surface area contributed by atoms with Crippen molar-refractivity contribution < 1.29 is 8.42 Å². The zero-order valence-corrected chi connectivity index (χ0v) is 15.2. The molecule has 0 aliphatic carbocycles. The van der Waals surface area contributed by atoms with Crippen LogP contribution in [0.5, 0.6) is 0 Å². The first-order valence-electron chi connectivity index (χ1n) is 7.82. The molecule has 8 nitrogen and oxygen atoms in total. The molecule has 0 amide bonds. The predicted molar refractivity (Wildman–Crippen MR) is 90.2 cm³/mol. The van der Waals surface area contributed by atoms with E-state index < -0.39 is 10.0 Å². The summed E-state index contributed by atoms with van der Waals surface area (Å²) < 4.78 is 29.0. The maximum Gasteiger partial charge on any atom is 0.262 e. The summed E-state index contributed by atoms with van der Waals surface area (Å²) in [6.07, 6.45) is 4.57. The van der Waals surface area contributed by atoms with Crippen LogP contribution in [0.2, 0.25) is 0 Å². The summed E-state index contributed by atoms with van der Waals surface area (Å²) >= 11 is 0. The minimum atomic E-state index is -3.63. The van der Waals surface area contributed by atoms with Gasteiger partial charge in [-0.25, -0.2) is 23.4 Å². The third-order valence-electron chi connectivity index (χ3n) is 4.10. The molecule has 1 aliphatic rings. The van der Waals surface area contributed by atoms with Crippen LogP contribution >= 0.6 is 0 Å². The predicted octanol–water partition coefficient (Wildman–Crippen LogP) is 1.11. The summed E-state index contributed by atoms with van der Waals surface area (Å²) in [4.78, 5) is 14.8. The molecular formula is C15H22N6O2S. The topological polar surface area (TPSA) is 84.2 Å². The summed E-state index contributed by atoms with van der Waals surface area (Å²) in [5.74, 6) is 1.41. The third kappa shape index (κ3) is 3.01. The second-order valence-corrected chi connectivity index (χ2v) is 8.08. The van der Waals surface area contributed by atoms with Crippen LogP contribution in [0.15, 0.2) is 23.6 Å². The highest BCUT2D eigenvalue weighted by atomic mass is 32.2. The van der Waals surface area contributed by atoms with Gasteiger partial charge >= 0.3 is 0 Å². The molecule has 2 aromatic heterocycles. The molecule has 0 bridgehead atoms. The van der Waals surface area contributed by atoms with Gasteiger partial charge in [0.15, 0.2) is 5.03 Å². The number of aromatic nitrogens is 4. The van der Waals surface area contributed by atoms with Crippen LogP contribution in [0.1, 0.15) is 30.4 Å². The Labute approximate surface area is 142 Å². The average Bonchev–Trinajstić information content (AvgIpc) is 3.15. The largest absolute Gasteiger partial charge is 0.363 e. The maximum atomic E-state index is 12.9. The van der Waals surface area contributed by atoms with Crippen LogP contribution in [0.25, 0.3) is 0 Å². The Balaban J connectivity index is 2.00. The average molecular weight is 350 g/mol. The van der Waals surface area contributed by atoms with Gasteiger partial charge in [0, 0.05) is 40.0 Å². The van der Waals surface area contributed by atoms with Crippen molar-refractivity contribution in [2.24, 2.45) is 7.05 Å². The normalized spacial score (nSPS) is 18.9. The lowest BCUT2D eigenvalue weighted by Crippen LogP contribution is -2.31. The third-order valence-corrected chi connectivity index (χ3v) is 5.90. The Morgan fingerprint density at radius 2 is 2.04 bits per heavy atom.